The number of amides is 1. The van der Waals surface area contributed by atoms with E-state index >= 15 is 0 Å². The molecule has 2 bridgehead atoms. The van der Waals surface area contributed by atoms with E-state index < -0.39 is 0 Å². The van der Waals surface area contributed by atoms with Crippen molar-refractivity contribution < 1.29 is 4.79 Å². The number of nitrogens with zero attached hydrogens (tertiary/aromatic N) is 4. The standard InChI is InChI=1S/C17H21N5O/c1-12-2-6-15(7-3-12)22-11-16(19-20-22)17(23)21-9-8-13-4-5-14(10-21)18-13/h2-3,6-7,11,13-14,18H,4-5,8-10H2,1H3. The second kappa shape index (κ2) is 5.77. The van der Waals surface area contributed by atoms with Crippen LogP contribution in [0, 0.1) is 6.92 Å². The lowest BCUT2D eigenvalue weighted by molar-refractivity contribution is 0.0742. The molecule has 2 aliphatic heterocycles. The maximum Gasteiger partial charge on any atom is 0.276 e. The average molecular weight is 311 g/mol. The molecule has 2 aliphatic rings. The van der Waals surface area contributed by atoms with E-state index in [-0.39, 0.29) is 5.91 Å². The highest BCUT2D eigenvalue weighted by Gasteiger charge is 2.32. The minimum Gasteiger partial charge on any atom is -0.336 e. The van der Waals surface area contributed by atoms with Crippen molar-refractivity contribution in [2.45, 2.75) is 38.3 Å². The molecule has 6 nitrogen and oxygen atoms in total. The van der Waals surface area contributed by atoms with E-state index in [2.05, 4.69) is 15.6 Å². The number of carbonyl (C=O) groups excluding carboxylic acids is 1. The monoisotopic (exact) mass is 311 g/mol. The molecule has 23 heavy (non-hydrogen) atoms. The number of hydrogen-bond donors (Lipinski definition) is 1. The summed E-state index contributed by atoms with van der Waals surface area (Å²) in [7, 11) is 0. The first kappa shape index (κ1) is 14.4. The van der Waals surface area contributed by atoms with Crippen LogP contribution in [0.3, 0.4) is 0 Å². The van der Waals surface area contributed by atoms with Gasteiger partial charge in [0.1, 0.15) is 0 Å². The van der Waals surface area contributed by atoms with Gasteiger partial charge < -0.3 is 10.2 Å². The minimum atomic E-state index is -0.0160. The van der Waals surface area contributed by atoms with E-state index in [1.165, 1.54) is 12.0 Å². The largest absolute Gasteiger partial charge is 0.336 e. The van der Waals surface area contributed by atoms with Gasteiger partial charge in [-0.3, -0.25) is 4.79 Å². The van der Waals surface area contributed by atoms with E-state index in [1.807, 2.05) is 36.1 Å². The Bertz CT molecular complexity index is 708. The molecule has 0 saturated carbocycles. The first-order chi connectivity index (χ1) is 11.2. The van der Waals surface area contributed by atoms with Gasteiger partial charge >= 0.3 is 0 Å². The number of aryl methyl sites for hydroxylation is 1. The van der Waals surface area contributed by atoms with E-state index in [0.29, 0.717) is 17.8 Å². The van der Waals surface area contributed by atoms with Crippen LogP contribution in [0.1, 0.15) is 35.3 Å². The first-order valence-electron chi connectivity index (χ1n) is 8.24. The van der Waals surface area contributed by atoms with Crippen molar-refractivity contribution in [2.75, 3.05) is 13.1 Å². The molecule has 4 rings (SSSR count). The number of aromatic nitrogens is 3. The second-order valence-electron chi connectivity index (χ2n) is 6.56. The molecule has 2 atom stereocenters. The summed E-state index contributed by atoms with van der Waals surface area (Å²) in [6.07, 6.45) is 5.14. The zero-order valence-electron chi connectivity index (χ0n) is 13.3. The summed E-state index contributed by atoms with van der Waals surface area (Å²) in [4.78, 5) is 14.6. The molecule has 2 fully saturated rings. The predicted molar refractivity (Wildman–Crippen MR) is 86.6 cm³/mol. The summed E-state index contributed by atoms with van der Waals surface area (Å²) in [6, 6.07) is 9.01. The molecule has 0 aliphatic carbocycles. The summed E-state index contributed by atoms with van der Waals surface area (Å²) in [5, 5.41) is 11.8. The quantitative estimate of drug-likeness (QED) is 0.914. The fourth-order valence-electron chi connectivity index (χ4n) is 3.47. The van der Waals surface area contributed by atoms with Crippen LogP contribution in [0.2, 0.25) is 0 Å². The van der Waals surface area contributed by atoms with Crippen molar-refractivity contribution in [3.05, 3.63) is 41.7 Å². The molecule has 0 radical (unpaired) electrons. The zero-order chi connectivity index (χ0) is 15.8. The molecule has 6 heteroatoms. The Morgan fingerprint density at radius 3 is 2.78 bits per heavy atom. The zero-order valence-corrected chi connectivity index (χ0v) is 13.3. The summed E-state index contributed by atoms with van der Waals surface area (Å²) in [6.45, 7) is 3.61. The van der Waals surface area contributed by atoms with Crippen LogP contribution in [0.5, 0.6) is 0 Å². The van der Waals surface area contributed by atoms with Crippen LogP contribution >= 0.6 is 0 Å². The van der Waals surface area contributed by atoms with E-state index in [4.69, 9.17) is 0 Å². The molecule has 3 heterocycles. The maximum absolute atomic E-state index is 12.7. The third kappa shape index (κ3) is 2.86. The van der Waals surface area contributed by atoms with Gasteiger partial charge in [-0.2, -0.15) is 0 Å². The Morgan fingerprint density at radius 1 is 1.17 bits per heavy atom. The molecule has 120 valence electrons. The van der Waals surface area contributed by atoms with Crippen molar-refractivity contribution in [3.63, 3.8) is 0 Å². The summed E-state index contributed by atoms with van der Waals surface area (Å²) in [5.74, 6) is -0.0160. The molecule has 1 N–H and O–H groups in total. The number of rotatable bonds is 2. The van der Waals surface area contributed by atoms with Crippen LogP contribution in [-0.4, -0.2) is 51.0 Å². The van der Waals surface area contributed by atoms with Gasteiger partial charge in [0.15, 0.2) is 5.69 Å². The van der Waals surface area contributed by atoms with Crippen molar-refractivity contribution in [1.82, 2.24) is 25.2 Å². The Labute approximate surface area is 135 Å². The van der Waals surface area contributed by atoms with Gasteiger partial charge in [-0.05, 0) is 38.3 Å². The molecular formula is C17H21N5O. The van der Waals surface area contributed by atoms with Gasteiger partial charge in [0.05, 0.1) is 11.9 Å². The minimum absolute atomic E-state index is 0.0160. The third-order valence-electron chi connectivity index (χ3n) is 4.82. The predicted octanol–water partition coefficient (Wildman–Crippen LogP) is 1.54. The van der Waals surface area contributed by atoms with Gasteiger partial charge in [-0.1, -0.05) is 22.9 Å². The van der Waals surface area contributed by atoms with Crippen LogP contribution in [0.25, 0.3) is 5.69 Å². The highest BCUT2D eigenvalue weighted by molar-refractivity contribution is 5.92. The maximum atomic E-state index is 12.7. The second-order valence-corrected chi connectivity index (χ2v) is 6.56. The normalized spacial score (nSPS) is 23.8. The molecular weight excluding hydrogens is 290 g/mol. The average Bonchev–Trinajstić information content (AvgIpc) is 3.14. The lowest BCUT2D eigenvalue weighted by atomic mass is 10.1. The van der Waals surface area contributed by atoms with E-state index in [0.717, 1.165) is 31.6 Å². The van der Waals surface area contributed by atoms with E-state index in [9.17, 15) is 4.79 Å². The van der Waals surface area contributed by atoms with Gasteiger partial charge in [0.2, 0.25) is 0 Å². The topological polar surface area (TPSA) is 63.1 Å². The Balaban J connectivity index is 1.51. The Kier molecular flexibility index (Phi) is 3.61. The van der Waals surface area contributed by atoms with Crippen molar-refractivity contribution in [1.29, 1.82) is 0 Å². The van der Waals surface area contributed by atoms with Crippen LogP contribution in [0.15, 0.2) is 30.5 Å². The van der Waals surface area contributed by atoms with Gasteiger partial charge in [0.25, 0.3) is 5.91 Å². The van der Waals surface area contributed by atoms with E-state index in [1.54, 1.807) is 10.9 Å². The Hall–Kier alpha value is -2.21. The number of benzene rings is 1. The van der Waals surface area contributed by atoms with Crippen LogP contribution < -0.4 is 5.32 Å². The molecule has 2 aromatic rings. The molecule has 2 unspecified atom stereocenters. The van der Waals surface area contributed by atoms with Crippen molar-refractivity contribution >= 4 is 5.91 Å². The lowest BCUT2D eigenvalue weighted by Crippen LogP contribution is -2.39. The molecule has 2 saturated heterocycles. The molecule has 1 amide bonds. The third-order valence-corrected chi connectivity index (χ3v) is 4.82. The lowest BCUT2D eigenvalue weighted by Gasteiger charge is -2.23. The van der Waals surface area contributed by atoms with Gasteiger partial charge in [-0.15, -0.1) is 5.10 Å². The number of likely N-dealkylation sites (tertiary alicyclic amines) is 1. The summed E-state index contributed by atoms with van der Waals surface area (Å²) >= 11 is 0. The number of carbonyl (C=O) groups is 1. The molecule has 0 spiro atoms. The fraction of sp³-hybridized carbons (Fsp3) is 0.471. The SMILES string of the molecule is Cc1ccc(-n2cc(C(=O)N3CCC4CCC(C3)N4)nn2)cc1. The van der Waals surface area contributed by atoms with Crippen molar-refractivity contribution in [3.8, 4) is 5.69 Å². The van der Waals surface area contributed by atoms with Crippen LogP contribution in [0.4, 0.5) is 0 Å². The first-order valence-corrected chi connectivity index (χ1v) is 8.24. The Morgan fingerprint density at radius 2 is 1.96 bits per heavy atom. The fourth-order valence-corrected chi connectivity index (χ4v) is 3.47. The molecule has 1 aromatic heterocycles. The number of nitrogens with one attached hydrogen (secondary N) is 1. The summed E-state index contributed by atoms with van der Waals surface area (Å²) in [5.41, 5.74) is 2.53. The smallest absolute Gasteiger partial charge is 0.276 e. The van der Waals surface area contributed by atoms with Crippen LogP contribution in [-0.2, 0) is 0 Å². The van der Waals surface area contributed by atoms with Crippen molar-refractivity contribution in [2.24, 2.45) is 0 Å². The van der Waals surface area contributed by atoms with Gasteiger partial charge in [-0.25, -0.2) is 4.68 Å². The molecule has 1 aromatic carbocycles. The highest BCUT2D eigenvalue weighted by atomic mass is 16.2. The number of hydrogen-bond acceptors (Lipinski definition) is 4. The van der Waals surface area contributed by atoms with Gasteiger partial charge in [0, 0.05) is 25.2 Å². The summed E-state index contributed by atoms with van der Waals surface area (Å²) < 4.78 is 1.66. The highest BCUT2D eigenvalue weighted by Crippen LogP contribution is 2.21. The number of fused-ring (bicyclic) bond motifs is 2.